The quantitative estimate of drug-likeness (QED) is 0.0485. The Bertz CT molecular complexity index is 1980. The number of aliphatic imine (C=N–C) groups is 1. The van der Waals surface area contributed by atoms with Gasteiger partial charge in [0.15, 0.2) is 12.4 Å². The van der Waals surface area contributed by atoms with Crippen LogP contribution in [0.5, 0.6) is 0 Å². The van der Waals surface area contributed by atoms with Crippen molar-refractivity contribution in [2.24, 2.45) is 12.0 Å². The van der Waals surface area contributed by atoms with Gasteiger partial charge in [-0.05, 0) is 6.92 Å². The molecule has 7 atom stereocenters. The summed E-state index contributed by atoms with van der Waals surface area (Å²) in [7, 11) is -6.13. The zero-order chi connectivity index (χ0) is 34.3. The van der Waals surface area contributed by atoms with Crippen LogP contribution in [0.3, 0.4) is 0 Å². The van der Waals surface area contributed by atoms with Gasteiger partial charge in [0, 0.05) is 43.5 Å². The van der Waals surface area contributed by atoms with Crippen LogP contribution < -0.4 is 15.2 Å². The van der Waals surface area contributed by atoms with Crippen molar-refractivity contribution in [2.45, 2.75) is 37.6 Å². The average Bonchev–Trinajstić information content (AvgIpc) is 3.71. The second kappa shape index (κ2) is 13.1. The van der Waals surface area contributed by atoms with Gasteiger partial charge >= 0.3 is 26.7 Å². The summed E-state index contributed by atoms with van der Waals surface area (Å²) in [6.45, 7) is 3.17. The van der Waals surface area contributed by atoms with Crippen LogP contribution in [-0.4, -0.2) is 83.3 Å². The van der Waals surface area contributed by atoms with Gasteiger partial charge in [0.1, 0.15) is 24.6 Å². The molecule has 0 amide bonds. The number of aliphatic hydroxyl groups excluding tert-OH is 2. The Morgan fingerprint density at radius 2 is 2.00 bits per heavy atom. The van der Waals surface area contributed by atoms with Gasteiger partial charge in [-0.25, -0.2) is 13.9 Å². The Labute approximate surface area is 265 Å². The standard InChI is InChI=1S/C25H30N8O12P2/c1-14(15-7-5-6-8-16(15)33(38)39)43-25(37)29-24-27-21-18(22(36)28-24)30(2)13-32(21)23-20(35)19(34)17(44-23)11-42-47(4,41)45-46(3,40)31-10-9-26-12-31/h5-10,12-14,17,19-20,23,34-35H,11H2,1-4H3,(H-,27,28,29,36,37)/t14?,17-,19+,20?,23-,46?,47?/m1/s1. The highest BCUT2D eigenvalue weighted by Crippen LogP contribution is 2.61. The van der Waals surface area contributed by atoms with Crippen molar-refractivity contribution < 1.29 is 52.2 Å². The first-order valence-electron chi connectivity index (χ1n) is 13.8. The molecule has 1 saturated heterocycles. The molecule has 0 saturated carbocycles. The van der Waals surface area contributed by atoms with Crippen molar-refractivity contribution in [3.05, 3.63) is 75.3 Å². The van der Waals surface area contributed by atoms with Crippen molar-refractivity contribution in [3.8, 4) is 0 Å². The van der Waals surface area contributed by atoms with Gasteiger partial charge in [-0.3, -0.25) is 37.9 Å². The van der Waals surface area contributed by atoms with Crippen LogP contribution in [0.25, 0.3) is 11.2 Å². The Morgan fingerprint density at radius 1 is 1.28 bits per heavy atom. The van der Waals surface area contributed by atoms with E-state index in [1.165, 1.54) is 73.0 Å². The smallest absolute Gasteiger partial charge is 0.334 e. The lowest BCUT2D eigenvalue weighted by Crippen LogP contribution is -2.46. The van der Waals surface area contributed by atoms with E-state index in [1.807, 2.05) is 0 Å². The van der Waals surface area contributed by atoms with Crippen LogP contribution in [0.4, 0.5) is 11.6 Å². The number of nitro groups is 1. The molecular weight excluding hydrogens is 666 g/mol. The van der Waals surface area contributed by atoms with Crippen molar-refractivity contribution >= 4 is 44.0 Å². The lowest BCUT2D eigenvalue weighted by Gasteiger charge is -2.22. The van der Waals surface area contributed by atoms with E-state index in [9.17, 15) is 39.4 Å². The van der Waals surface area contributed by atoms with Crippen molar-refractivity contribution in [1.82, 2.24) is 23.9 Å². The van der Waals surface area contributed by atoms with Crippen LogP contribution in [0.1, 0.15) is 24.8 Å². The van der Waals surface area contributed by atoms with Gasteiger partial charge in [-0.15, -0.1) is 0 Å². The fraction of sp³-hybridized carbons (Fsp3) is 0.400. The number of hydrogen-bond donors (Lipinski definition) is 3. The summed E-state index contributed by atoms with van der Waals surface area (Å²) in [6.07, 6.45) is -2.76. The number of fused-ring (bicyclic) bond motifs is 1. The number of aromatic nitrogens is 6. The first-order valence-corrected chi connectivity index (χ1v) is 17.8. The fourth-order valence-corrected chi connectivity index (χ4v) is 8.61. The summed E-state index contributed by atoms with van der Waals surface area (Å²) in [6, 6.07) is 5.68. The SMILES string of the molecule is CC(O/C([O-])=N/c1nc2c(c(=O)[nH]1)n(C)c[n+]2[C@@H]1O[C@H](COP(C)(=O)OP(C)(=O)n2ccnc2)[C@H](O)C1O)c1ccccc1[N+](=O)[O-]. The number of imidazole rings is 2. The Hall–Kier alpha value is -4.29. The van der Waals surface area contributed by atoms with Crippen LogP contribution in [0.15, 0.2) is 59.1 Å². The normalized spacial score (nSPS) is 23.3. The topological polar surface area (TPSA) is 262 Å². The Balaban J connectivity index is 1.35. The lowest BCUT2D eigenvalue weighted by atomic mass is 10.1. The van der Waals surface area contributed by atoms with E-state index >= 15 is 0 Å². The number of aromatic amines is 1. The molecule has 1 aliphatic rings. The van der Waals surface area contributed by atoms with Gasteiger partial charge < -0.3 is 29.3 Å². The van der Waals surface area contributed by atoms with E-state index in [0.717, 1.165) is 11.0 Å². The maximum Gasteiger partial charge on any atom is 0.334 e. The number of ether oxygens (including phenoxy) is 2. The molecule has 47 heavy (non-hydrogen) atoms. The van der Waals surface area contributed by atoms with Gasteiger partial charge in [0.2, 0.25) is 11.7 Å². The number of hydrogen-bond acceptors (Lipinski definition) is 15. The van der Waals surface area contributed by atoms with Gasteiger partial charge in [0.05, 0.1) is 18.6 Å². The Kier molecular flexibility index (Phi) is 9.47. The largest absolute Gasteiger partial charge is 0.592 e. The number of nitrogens with zero attached hydrogens (tertiary/aromatic N) is 7. The predicted molar refractivity (Wildman–Crippen MR) is 159 cm³/mol. The monoisotopic (exact) mass is 696 g/mol. The molecule has 4 unspecified atom stereocenters. The van der Waals surface area contributed by atoms with Crippen molar-refractivity contribution in [2.75, 3.05) is 19.9 Å². The number of H-pyrrole nitrogens is 1. The van der Waals surface area contributed by atoms with Crippen LogP contribution in [-0.2, 0) is 34.5 Å². The number of rotatable bonds is 11. The molecule has 4 aromatic rings. The second-order valence-electron chi connectivity index (χ2n) is 10.6. The molecule has 22 heteroatoms. The molecule has 0 aliphatic carbocycles. The fourth-order valence-electron chi connectivity index (χ4n) is 4.92. The number of aliphatic hydroxyl groups is 2. The van der Waals surface area contributed by atoms with Gasteiger partial charge in [0.25, 0.3) is 11.2 Å². The van der Waals surface area contributed by atoms with Crippen molar-refractivity contribution in [1.29, 1.82) is 0 Å². The van der Waals surface area contributed by atoms with Crippen LogP contribution in [0.2, 0.25) is 0 Å². The highest BCUT2D eigenvalue weighted by molar-refractivity contribution is 7.68. The minimum absolute atomic E-state index is 0.0137. The highest BCUT2D eigenvalue weighted by Gasteiger charge is 2.48. The molecule has 0 bridgehead atoms. The maximum atomic E-state index is 13.0. The summed E-state index contributed by atoms with van der Waals surface area (Å²) in [5.41, 5.74) is -0.991. The average molecular weight is 697 g/mol. The van der Waals surface area contributed by atoms with Gasteiger partial charge in [-0.2, -0.15) is 4.99 Å². The van der Waals surface area contributed by atoms with E-state index in [4.69, 9.17) is 18.3 Å². The summed E-state index contributed by atoms with van der Waals surface area (Å²) in [5.74, 6) is -0.485. The summed E-state index contributed by atoms with van der Waals surface area (Å²) >= 11 is 0. The zero-order valence-corrected chi connectivity index (χ0v) is 27.0. The molecule has 1 aromatic carbocycles. The second-order valence-corrected chi connectivity index (χ2v) is 15.1. The summed E-state index contributed by atoms with van der Waals surface area (Å²) < 4.78 is 51.2. The molecule has 252 valence electrons. The molecule has 1 fully saturated rings. The minimum Gasteiger partial charge on any atom is -0.592 e. The lowest BCUT2D eigenvalue weighted by molar-refractivity contribution is -0.745. The molecule has 3 aromatic heterocycles. The summed E-state index contributed by atoms with van der Waals surface area (Å²) in [4.78, 5) is 37.7. The molecule has 20 nitrogen and oxygen atoms in total. The zero-order valence-electron chi connectivity index (χ0n) is 25.2. The molecule has 0 spiro atoms. The first-order chi connectivity index (χ1) is 22.1. The maximum absolute atomic E-state index is 13.0. The molecule has 5 rings (SSSR count). The number of nitro benzene ring substituents is 1. The van der Waals surface area contributed by atoms with Crippen molar-refractivity contribution in [3.63, 3.8) is 0 Å². The number of para-hydroxylation sites is 1. The number of nitrogens with one attached hydrogen (secondary N) is 1. The van der Waals surface area contributed by atoms with Crippen LogP contribution in [0, 0.1) is 10.1 Å². The molecule has 1 aliphatic heterocycles. The minimum atomic E-state index is -3.99. The summed E-state index contributed by atoms with van der Waals surface area (Å²) in [5, 5.41) is 45.6. The highest BCUT2D eigenvalue weighted by atomic mass is 31.3. The first kappa shape index (κ1) is 34.1. The van der Waals surface area contributed by atoms with E-state index in [-0.39, 0.29) is 22.4 Å². The number of aryl methyl sites for hydroxylation is 1. The molecular formula is C25H30N8O12P2. The molecule has 0 radical (unpaired) electrons. The predicted octanol–water partition coefficient (Wildman–Crippen LogP) is 0.626. The van der Waals surface area contributed by atoms with E-state index < -0.39 is 74.9 Å². The van der Waals surface area contributed by atoms with Crippen LogP contribution >= 0.6 is 15.1 Å². The molecule has 3 N–H and O–H groups in total. The van der Waals surface area contributed by atoms with E-state index in [2.05, 4.69) is 19.9 Å². The third-order valence-electron chi connectivity index (χ3n) is 7.10. The third kappa shape index (κ3) is 7.18. The molecule has 4 heterocycles. The van der Waals surface area contributed by atoms with E-state index in [0.29, 0.717) is 0 Å². The van der Waals surface area contributed by atoms with E-state index in [1.54, 1.807) is 6.07 Å². The Morgan fingerprint density at radius 3 is 2.68 bits per heavy atom. The number of benzene rings is 1. The third-order valence-corrected chi connectivity index (χ3v) is 11.2. The van der Waals surface area contributed by atoms with Gasteiger partial charge in [-0.1, -0.05) is 23.2 Å².